The van der Waals surface area contributed by atoms with Gasteiger partial charge in [-0.05, 0) is 38.2 Å². The molecule has 1 unspecified atom stereocenters. The van der Waals surface area contributed by atoms with Crippen LogP contribution in [-0.2, 0) is 17.9 Å². The first-order valence-corrected chi connectivity index (χ1v) is 7.58. The van der Waals surface area contributed by atoms with Gasteiger partial charge in [-0.2, -0.15) is 0 Å². The molecule has 8 heteroatoms. The summed E-state index contributed by atoms with van der Waals surface area (Å²) in [5.74, 6) is -0.591. The summed E-state index contributed by atoms with van der Waals surface area (Å²) in [4.78, 5) is 17.0. The van der Waals surface area contributed by atoms with Crippen molar-refractivity contribution in [3.63, 3.8) is 0 Å². The van der Waals surface area contributed by atoms with E-state index in [4.69, 9.17) is 9.84 Å². The van der Waals surface area contributed by atoms with Crippen molar-refractivity contribution in [3.8, 4) is 5.75 Å². The molecule has 0 radical (unpaired) electrons. The molecule has 0 amide bonds. The van der Waals surface area contributed by atoms with E-state index in [9.17, 15) is 9.18 Å². The van der Waals surface area contributed by atoms with Crippen molar-refractivity contribution in [1.29, 1.82) is 0 Å². The maximum Gasteiger partial charge on any atom is 0.320 e. The molecular weight excluding hydrogens is 343 g/mol. The maximum atomic E-state index is 12.8. The molecule has 1 heterocycles. The lowest BCUT2D eigenvalue weighted by Crippen LogP contribution is -2.35. The van der Waals surface area contributed by atoms with E-state index in [0.29, 0.717) is 18.9 Å². The Kier molecular flexibility index (Phi) is 7.41. The average Bonchev–Trinajstić information content (AvgIpc) is 2.93. The molecule has 0 saturated heterocycles. The number of rotatable bonds is 7. The number of nitrogens with zero attached hydrogens (tertiary/aromatic N) is 2. The lowest BCUT2D eigenvalue weighted by Gasteiger charge is -2.19. The summed E-state index contributed by atoms with van der Waals surface area (Å²) in [5, 5.41) is 11.6. The topological polar surface area (TPSA) is 62.7 Å². The number of halogens is 2. The third-order valence-corrected chi connectivity index (χ3v) is 4.08. The number of likely N-dealkylation sites (N-methyl/N-ethyl adjacent to an activating group) is 1. The first-order valence-electron chi connectivity index (χ1n) is 6.70. The Bertz CT molecular complexity index is 636. The van der Waals surface area contributed by atoms with Crippen LogP contribution in [-0.4, -0.2) is 34.0 Å². The molecule has 0 fully saturated rings. The van der Waals surface area contributed by atoms with Gasteiger partial charge in [0, 0.05) is 11.9 Å². The molecule has 23 heavy (non-hydrogen) atoms. The van der Waals surface area contributed by atoms with Crippen LogP contribution < -0.4 is 4.74 Å². The van der Waals surface area contributed by atoms with Gasteiger partial charge in [0.15, 0.2) is 0 Å². The van der Waals surface area contributed by atoms with Gasteiger partial charge in [0.05, 0.1) is 5.69 Å². The summed E-state index contributed by atoms with van der Waals surface area (Å²) in [6.45, 7) is 2.39. The van der Waals surface area contributed by atoms with E-state index < -0.39 is 12.0 Å². The van der Waals surface area contributed by atoms with Crippen LogP contribution in [0, 0.1) is 5.82 Å². The second-order valence-electron chi connectivity index (χ2n) is 4.90. The Hall–Kier alpha value is -1.70. The minimum absolute atomic E-state index is 0. The number of hydrogen-bond acceptors (Lipinski definition) is 5. The Morgan fingerprint density at radius 3 is 2.70 bits per heavy atom. The predicted octanol–water partition coefficient (Wildman–Crippen LogP) is 3.19. The third kappa shape index (κ3) is 5.78. The van der Waals surface area contributed by atoms with Crippen LogP contribution in [0.3, 0.4) is 0 Å². The molecule has 5 nitrogen and oxygen atoms in total. The number of carbonyl (C=O) groups is 1. The Labute approximate surface area is 144 Å². The first-order chi connectivity index (χ1) is 10.5. The van der Waals surface area contributed by atoms with Gasteiger partial charge >= 0.3 is 5.97 Å². The molecule has 0 aliphatic rings. The fourth-order valence-corrected chi connectivity index (χ4v) is 2.44. The molecular formula is C15H18ClFN2O3S. The number of carboxylic acid groups (broad SMARTS) is 1. The highest BCUT2D eigenvalue weighted by molar-refractivity contribution is 7.09. The van der Waals surface area contributed by atoms with E-state index in [1.165, 1.54) is 23.5 Å². The molecule has 1 aromatic carbocycles. The van der Waals surface area contributed by atoms with Crippen LogP contribution in [0.4, 0.5) is 4.39 Å². The zero-order valence-electron chi connectivity index (χ0n) is 12.7. The molecule has 1 N–H and O–H groups in total. The summed E-state index contributed by atoms with van der Waals surface area (Å²) in [6, 6.07) is 5.23. The molecule has 2 aromatic rings. The lowest BCUT2D eigenvalue weighted by molar-refractivity contribution is -0.142. The van der Waals surface area contributed by atoms with Crippen LogP contribution >= 0.6 is 23.7 Å². The van der Waals surface area contributed by atoms with Gasteiger partial charge in [-0.3, -0.25) is 9.69 Å². The van der Waals surface area contributed by atoms with E-state index in [0.717, 1.165) is 10.7 Å². The molecule has 0 bridgehead atoms. The number of ether oxygens (including phenoxy) is 1. The highest BCUT2D eigenvalue weighted by atomic mass is 35.5. The van der Waals surface area contributed by atoms with Gasteiger partial charge in [0.25, 0.3) is 0 Å². The van der Waals surface area contributed by atoms with E-state index in [1.807, 2.05) is 5.38 Å². The molecule has 0 spiro atoms. The number of aliphatic carboxylic acids is 1. The second kappa shape index (κ2) is 8.81. The van der Waals surface area contributed by atoms with Crippen molar-refractivity contribution >= 4 is 29.7 Å². The summed E-state index contributed by atoms with van der Waals surface area (Å²) in [5.41, 5.74) is 0.804. The summed E-state index contributed by atoms with van der Waals surface area (Å²) in [6.07, 6.45) is 0. The minimum Gasteiger partial charge on any atom is -0.486 e. The summed E-state index contributed by atoms with van der Waals surface area (Å²) < 4.78 is 18.3. The fraction of sp³-hybridized carbons (Fsp3) is 0.333. The van der Waals surface area contributed by atoms with Crippen LogP contribution in [0.5, 0.6) is 5.75 Å². The molecule has 1 aromatic heterocycles. The highest BCUT2D eigenvalue weighted by Crippen LogP contribution is 2.17. The molecule has 1 atom stereocenters. The maximum absolute atomic E-state index is 12.8. The zero-order valence-corrected chi connectivity index (χ0v) is 14.4. The summed E-state index contributed by atoms with van der Waals surface area (Å²) >= 11 is 1.45. The minimum atomic E-state index is -0.863. The normalized spacial score (nSPS) is 11.8. The zero-order chi connectivity index (χ0) is 16.1. The number of hydrogen-bond donors (Lipinski definition) is 1. The van der Waals surface area contributed by atoms with Crippen LogP contribution in [0.2, 0.25) is 0 Å². The standard InChI is InChI=1S/C15H17FN2O3S.ClH/c1-10(15(19)20)18(2)7-12-9-22-14(17-12)8-21-13-5-3-11(16)4-6-13;/h3-6,9-10H,7-8H2,1-2H3,(H,19,20);1H. The van der Waals surface area contributed by atoms with E-state index >= 15 is 0 Å². The van der Waals surface area contributed by atoms with Gasteiger partial charge < -0.3 is 9.84 Å². The predicted molar refractivity (Wildman–Crippen MR) is 88.7 cm³/mol. The smallest absolute Gasteiger partial charge is 0.320 e. The van der Waals surface area contributed by atoms with Crippen molar-refractivity contribution < 1.29 is 19.0 Å². The largest absolute Gasteiger partial charge is 0.486 e. The van der Waals surface area contributed by atoms with Crippen molar-refractivity contribution in [2.75, 3.05) is 7.05 Å². The van der Waals surface area contributed by atoms with Crippen LogP contribution in [0.1, 0.15) is 17.6 Å². The van der Waals surface area contributed by atoms with Crippen molar-refractivity contribution in [3.05, 3.63) is 46.2 Å². The number of benzene rings is 1. The van der Waals surface area contributed by atoms with Gasteiger partial charge in [0.1, 0.15) is 29.2 Å². The Morgan fingerprint density at radius 1 is 1.43 bits per heavy atom. The van der Waals surface area contributed by atoms with Gasteiger partial charge in [0.2, 0.25) is 0 Å². The molecule has 2 rings (SSSR count). The highest BCUT2D eigenvalue weighted by Gasteiger charge is 2.17. The second-order valence-corrected chi connectivity index (χ2v) is 5.85. The average molecular weight is 361 g/mol. The van der Waals surface area contributed by atoms with E-state index in [2.05, 4.69) is 4.98 Å². The number of aromatic nitrogens is 1. The molecule has 0 aliphatic heterocycles. The Morgan fingerprint density at radius 2 is 2.09 bits per heavy atom. The van der Waals surface area contributed by atoms with Crippen molar-refractivity contribution in [1.82, 2.24) is 9.88 Å². The third-order valence-electron chi connectivity index (χ3n) is 3.21. The van der Waals surface area contributed by atoms with Crippen molar-refractivity contribution in [2.45, 2.75) is 26.1 Å². The molecule has 0 saturated carbocycles. The quantitative estimate of drug-likeness (QED) is 0.821. The summed E-state index contributed by atoms with van der Waals surface area (Å²) in [7, 11) is 1.74. The van der Waals surface area contributed by atoms with E-state index in [1.54, 1.807) is 31.0 Å². The number of carboxylic acids is 1. The van der Waals surface area contributed by atoms with Crippen molar-refractivity contribution in [2.24, 2.45) is 0 Å². The first kappa shape index (κ1) is 19.3. The monoisotopic (exact) mass is 360 g/mol. The van der Waals surface area contributed by atoms with Gasteiger partial charge in [-0.15, -0.1) is 23.7 Å². The van der Waals surface area contributed by atoms with E-state index in [-0.39, 0.29) is 18.2 Å². The SMILES string of the molecule is CC(C(=O)O)N(C)Cc1csc(COc2ccc(F)cc2)n1.Cl. The lowest BCUT2D eigenvalue weighted by atomic mass is 10.3. The fourth-order valence-electron chi connectivity index (χ4n) is 1.74. The van der Waals surface area contributed by atoms with Gasteiger partial charge in [-0.25, -0.2) is 9.37 Å². The molecule has 126 valence electrons. The van der Waals surface area contributed by atoms with Crippen LogP contribution in [0.15, 0.2) is 29.6 Å². The van der Waals surface area contributed by atoms with Gasteiger partial charge in [-0.1, -0.05) is 0 Å². The Balaban J connectivity index is 0.00000264. The number of thiazole rings is 1. The molecule has 0 aliphatic carbocycles. The van der Waals surface area contributed by atoms with Crippen LogP contribution in [0.25, 0.3) is 0 Å².